The molecule has 0 N–H and O–H groups in total. The van der Waals surface area contributed by atoms with E-state index in [9.17, 15) is 5.48 Å². The molecule has 8 aromatic rings. The number of thiophene rings is 1. The molecule has 3 nitrogen and oxygen atoms in total. The van der Waals surface area contributed by atoms with Gasteiger partial charge in [0.15, 0.2) is 0 Å². The second kappa shape index (κ2) is 16.2. The highest BCUT2D eigenvalue weighted by Gasteiger charge is 2.49. The minimum Gasteiger partial charge on any atom is -0.311 e. The number of para-hydroxylation sites is 2. The number of fused-ring (bicyclic) bond motifs is 8. The van der Waals surface area contributed by atoms with Crippen LogP contribution in [0.1, 0.15) is 170 Å². The van der Waals surface area contributed by atoms with Gasteiger partial charge in [0.25, 0.3) is 6.71 Å². The molecule has 0 unspecified atom stereocenters. The number of hydrogen-bond acceptors (Lipinski definition) is 4. The number of anilines is 9. The summed E-state index contributed by atoms with van der Waals surface area (Å²) in [6.45, 7) is 31.8. The molecule has 0 fully saturated rings. The highest BCUT2D eigenvalue weighted by Crippen LogP contribution is 2.55. The van der Waals surface area contributed by atoms with Crippen LogP contribution in [0, 0.1) is 0 Å². The van der Waals surface area contributed by atoms with E-state index in [0.717, 1.165) is 86.4 Å². The van der Waals surface area contributed by atoms with E-state index in [1.165, 1.54) is 37.5 Å². The molecule has 0 radical (unpaired) electrons. The summed E-state index contributed by atoms with van der Waals surface area (Å²) in [5.74, 6) is 0. The quantitative estimate of drug-likeness (QED) is 0.159. The molecule has 73 heavy (non-hydrogen) atoms. The van der Waals surface area contributed by atoms with E-state index in [1.54, 1.807) is 0 Å². The van der Waals surface area contributed by atoms with Gasteiger partial charge in [-0.3, -0.25) is 0 Å². The van der Waals surface area contributed by atoms with E-state index < -0.39 is 60.4 Å². The summed E-state index contributed by atoms with van der Waals surface area (Å²) < 4.78 is 94.9. The maximum atomic E-state index is 9.67. The third-order valence-corrected chi connectivity index (χ3v) is 18.5. The van der Waals surface area contributed by atoms with Crippen molar-refractivity contribution in [3.63, 3.8) is 0 Å². The SMILES string of the molecule is [2H]c1c([2H])c([2H])c(N(c2cc3c4c(c2)N(c2ccc(C(C)(C)C)cc2)c2c(sc5ccc(C(C)(C)C)cc25)B4c2cc4c(cc2N3c2ccc3c(c2)C(C)(C)CCC3(C)C)C(C)(C)CCC4(C)C)c2c([2H])c([2H])c([2H])c([2H])c2[2H])c([2H])c1[2H]. The summed E-state index contributed by atoms with van der Waals surface area (Å²) >= 11 is 1.81. The van der Waals surface area contributed by atoms with E-state index in [0.29, 0.717) is 0 Å². The summed E-state index contributed by atoms with van der Waals surface area (Å²) in [5.41, 5.74) is 13.6. The summed E-state index contributed by atoms with van der Waals surface area (Å²) in [4.78, 5) is 6.06. The van der Waals surface area contributed by atoms with Gasteiger partial charge in [0.2, 0.25) is 0 Å². The van der Waals surface area contributed by atoms with Crippen molar-refractivity contribution in [3.05, 3.63) is 179 Å². The standard InChI is InChI=1S/C68H74BN3S/c1-63(2,3)43-25-28-47(29-26-43)72-58-40-49(70(45-21-17-15-18-22-45)46-23-19-16-20-24-46)39-57-60(58)69(62-61(72)50-37-44(64(4,5)6)27-32-59(50)73-62)55-41-53-54(68(13,14)36-35-67(53,11)12)42-56(55)71(57)48-30-31-51-52(38-48)66(9,10)34-33-65(51,7)8/h15-32,37-42H,33-36H2,1-14H3/i15D,16D,17D,18D,19D,20D,21D,22D,23D,24D. The molecule has 0 saturated carbocycles. The zero-order valence-electron chi connectivity index (χ0n) is 55.2. The largest absolute Gasteiger partial charge is 0.311 e. The minimum absolute atomic E-state index is 0.0795. The van der Waals surface area contributed by atoms with E-state index in [1.807, 2.05) is 23.5 Å². The fraction of sp³-hybridized carbons (Fsp3) is 0.353. The molecule has 2 aliphatic carbocycles. The Morgan fingerprint density at radius 1 is 0.493 bits per heavy atom. The van der Waals surface area contributed by atoms with Crippen molar-refractivity contribution < 1.29 is 13.7 Å². The van der Waals surface area contributed by atoms with Crippen LogP contribution in [-0.4, -0.2) is 6.71 Å². The predicted molar refractivity (Wildman–Crippen MR) is 319 cm³/mol. The smallest absolute Gasteiger partial charge is 0.264 e. The Labute approximate surface area is 455 Å². The molecule has 2 aliphatic heterocycles. The first-order valence-electron chi connectivity index (χ1n) is 31.3. The van der Waals surface area contributed by atoms with Crippen LogP contribution in [0.15, 0.2) is 145 Å². The van der Waals surface area contributed by atoms with Gasteiger partial charge in [-0.2, -0.15) is 0 Å². The van der Waals surface area contributed by atoms with Crippen molar-refractivity contribution in [2.75, 3.05) is 14.7 Å². The Hall–Kier alpha value is -6.04. The van der Waals surface area contributed by atoms with E-state index in [-0.39, 0.29) is 56.3 Å². The van der Waals surface area contributed by atoms with Crippen molar-refractivity contribution in [2.24, 2.45) is 0 Å². The van der Waals surface area contributed by atoms with Crippen LogP contribution >= 0.6 is 11.3 Å². The first-order chi connectivity index (χ1) is 38.6. The van der Waals surface area contributed by atoms with Gasteiger partial charge in [-0.15, -0.1) is 11.3 Å². The fourth-order valence-corrected chi connectivity index (χ4v) is 13.9. The Morgan fingerprint density at radius 3 is 1.55 bits per heavy atom. The molecule has 0 spiro atoms. The average molecular weight is 986 g/mol. The Morgan fingerprint density at radius 2 is 0.986 bits per heavy atom. The van der Waals surface area contributed by atoms with Crippen molar-refractivity contribution >= 4 is 95.0 Å². The third-order valence-electron chi connectivity index (χ3n) is 17.2. The van der Waals surface area contributed by atoms with Gasteiger partial charge in [-0.25, -0.2) is 0 Å². The molecular weight excluding hydrogens is 902 g/mol. The molecule has 0 saturated heterocycles. The van der Waals surface area contributed by atoms with Crippen LogP contribution in [0.5, 0.6) is 0 Å². The van der Waals surface area contributed by atoms with E-state index in [4.69, 9.17) is 8.22 Å². The van der Waals surface area contributed by atoms with Gasteiger partial charge >= 0.3 is 0 Å². The first-order valence-corrected chi connectivity index (χ1v) is 27.1. The van der Waals surface area contributed by atoms with Crippen LogP contribution in [0.2, 0.25) is 0 Å². The molecule has 4 aliphatic rings. The summed E-state index contributed by atoms with van der Waals surface area (Å²) in [6, 6.07) is 25.4. The first kappa shape index (κ1) is 37.7. The lowest BCUT2D eigenvalue weighted by Crippen LogP contribution is -2.61. The van der Waals surface area contributed by atoms with Crippen LogP contribution in [0.4, 0.5) is 51.2 Å². The Balaban J connectivity index is 1.31. The fourth-order valence-electron chi connectivity index (χ4n) is 12.6. The van der Waals surface area contributed by atoms with Gasteiger partial charge in [0.1, 0.15) is 0 Å². The number of nitrogens with zero attached hydrogens (tertiary/aromatic N) is 3. The van der Waals surface area contributed by atoms with Crippen LogP contribution in [0.25, 0.3) is 10.1 Å². The number of hydrogen-bond donors (Lipinski definition) is 0. The highest BCUT2D eigenvalue weighted by molar-refractivity contribution is 7.33. The molecule has 12 rings (SSSR count). The Bertz CT molecular complexity index is 3980. The van der Waals surface area contributed by atoms with E-state index in [2.05, 4.69) is 180 Å². The summed E-state index contributed by atoms with van der Waals surface area (Å²) in [6.07, 6.45) is 4.05. The molecular formula is C68H74BN3S. The van der Waals surface area contributed by atoms with Gasteiger partial charge in [0, 0.05) is 54.7 Å². The van der Waals surface area contributed by atoms with E-state index >= 15 is 0 Å². The molecule has 3 heterocycles. The van der Waals surface area contributed by atoms with Gasteiger partial charge < -0.3 is 14.7 Å². The van der Waals surface area contributed by atoms with Crippen LogP contribution < -0.4 is 30.4 Å². The van der Waals surface area contributed by atoms with Crippen LogP contribution in [0.3, 0.4) is 0 Å². The van der Waals surface area contributed by atoms with Crippen LogP contribution in [-0.2, 0) is 32.5 Å². The summed E-state index contributed by atoms with van der Waals surface area (Å²) in [7, 11) is 0. The lowest BCUT2D eigenvalue weighted by Gasteiger charge is -2.48. The van der Waals surface area contributed by atoms with Gasteiger partial charge in [0.05, 0.1) is 25.1 Å². The highest BCUT2D eigenvalue weighted by atomic mass is 32.1. The van der Waals surface area contributed by atoms with Crippen molar-refractivity contribution in [1.82, 2.24) is 0 Å². The molecule has 7 aromatic carbocycles. The molecule has 0 bridgehead atoms. The third kappa shape index (κ3) is 7.64. The lowest BCUT2D eigenvalue weighted by atomic mass is 9.35. The average Bonchev–Trinajstić information content (AvgIpc) is 1.72. The van der Waals surface area contributed by atoms with Crippen molar-refractivity contribution in [2.45, 2.75) is 155 Å². The lowest BCUT2D eigenvalue weighted by molar-refractivity contribution is 0.332. The maximum absolute atomic E-state index is 9.67. The minimum atomic E-state index is -0.618. The molecule has 370 valence electrons. The second-order valence-electron chi connectivity index (χ2n) is 26.1. The predicted octanol–water partition coefficient (Wildman–Crippen LogP) is 17.7. The monoisotopic (exact) mass is 986 g/mol. The normalized spacial score (nSPS) is 19.8. The van der Waals surface area contributed by atoms with Gasteiger partial charge in [-0.05, 0) is 181 Å². The second-order valence-corrected chi connectivity index (χ2v) is 27.2. The van der Waals surface area contributed by atoms with Crippen molar-refractivity contribution in [3.8, 4) is 0 Å². The number of benzene rings is 7. The Kier molecular flexibility index (Phi) is 8.37. The van der Waals surface area contributed by atoms with Crippen molar-refractivity contribution in [1.29, 1.82) is 0 Å². The summed E-state index contributed by atoms with van der Waals surface area (Å²) in [5, 5.41) is 1.07. The zero-order valence-corrected chi connectivity index (χ0v) is 46.1. The maximum Gasteiger partial charge on any atom is 0.264 e. The molecule has 5 heteroatoms. The number of rotatable bonds is 5. The molecule has 1 aromatic heterocycles. The zero-order chi connectivity index (χ0) is 60.1. The van der Waals surface area contributed by atoms with Gasteiger partial charge in [-0.1, -0.05) is 164 Å². The molecule has 0 amide bonds. The molecule has 0 atom stereocenters. The topological polar surface area (TPSA) is 9.72 Å².